The van der Waals surface area contributed by atoms with Crippen LogP contribution in [0.4, 0.5) is 11.6 Å². The van der Waals surface area contributed by atoms with Crippen molar-refractivity contribution in [1.29, 1.82) is 0 Å². The first-order chi connectivity index (χ1) is 7.22. The van der Waals surface area contributed by atoms with E-state index in [1.165, 1.54) is 0 Å². The van der Waals surface area contributed by atoms with Gasteiger partial charge in [0.15, 0.2) is 0 Å². The summed E-state index contributed by atoms with van der Waals surface area (Å²) in [5.41, 5.74) is 12.1. The number of nitrogens with zero attached hydrogens (tertiary/aromatic N) is 2. The van der Waals surface area contributed by atoms with Crippen LogP contribution in [0.15, 0.2) is 30.3 Å². The maximum atomic E-state index is 5.76. The highest BCUT2D eigenvalue weighted by atomic mass is 16.5. The van der Waals surface area contributed by atoms with Gasteiger partial charge in [-0.15, -0.1) is 5.10 Å². The molecule has 2 aromatic rings. The standard InChI is InChI=1S/C10H12N4O/c1-15-8-5-3-2-4-7(8)14-10(12)6-9(11)13-14/h2-6H,12H2,1H3,(H2,11,13). The van der Waals surface area contributed by atoms with Crippen molar-refractivity contribution >= 4 is 11.6 Å². The molecule has 0 saturated heterocycles. The second-order valence-corrected chi connectivity index (χ2v) is 3.08. The Morgan fingerprint density at radius 2 is 2.00 bits per heavy atom. The molecule has 0 aliphatic carbocycles. The van der Waals surface area contributed by atoms with Crippen LogP contribution >= 0.6 is 0 Å². The van der Waals surface area contributed by atoms with Gasteiger partial charge in [-0.1, -0.05) is 12.1 Å². The van der Waals surface area contributed by atoms with Gasteiger partial charge in [-0.2, -0.15) is 0 Å². The highest BCUT2D eigenvalue weighted by Gasteiger charge is 2.08. The lowest BCUT2D eigenvalue weighted by Crippen LogP contribution is -2.03. The Balaban J connectivity index is 2.58. The molecule has 0 amide bonds. The molecule has 0 spiro atoms. The maximum Gasteiger partial charge on any atom is 0.148 e. The molecule has 1 heterocycles. The van der Waals surface area contributed by atoms with Gasteiger partial charge in [0, 0.05) is 6.07 Å². The first-order valence-electron chi connectivity index (χ1n) is 4.47. The molecule has 0 aliphatic heterocycles. The average Bonchev–Trinajstić information content (AvgIpc) is 2.57. The lowest BCUT2D eigenvalue weighted by Gasteiger charge is -2.08. The molecule has 1 aromatic heterocycles. The summed E-state index contributed by atoms with van der Waals surface area (Å²) in [7, 11) is 1.60. The monoisotopic (exact) mass is 204 g/mol. The van der Waals surface area contributed by atoms with E-state index in [4.69, 9.17) is 16.2 Å². The minimum atomic E-state index is 0.387. The minimum Gasteiger partial charge on any atom is -0.494 e. The topological polar surface area (TPSA) is 79.1 Å². The summed E-state index contributed by atoms with van der Waals surface area (Å²) >= 11 is 0. The summed E-state index contributed by atoms with van der Waals surface area (Å²) in [6.45, 7) is 0. The number of ether oxygens (including phenoxy) is 1. The maximum absolute atomic E-state index is 5.76. The van der Waals surface area contributed by atoms with Crippen molar-refractivity contribution in [2.45, 2.75) is 0 Å². The normalized spacial score (nSPS) is 10.2. The third kappa shape index (κ3) is 1.59. The number of nitrogens with two attached hydrogens (primary N) is 2. The molecule has 78 valence electrons. The van der Waals surface area contributed by atoms with E-state index in [2.05, 4.69) is 5.10 Å². The van der Waals surface area contributed by atoms with Crippen molar-refractivity contribution in [2.75, 3.05) is 18.6 Å². The molecule has 0 saturated carbocycles. The Morgan fingerprint density at radius 1 is 1.27 bits per heavy atom. The summed E-state index contributed by atoms with van der Waals surface area (Å²) in [6.07, 6.45) is 0. The number of benzene rings is 1. The fourth-order valence-corrected chi connectivity index (χ4v) is 1.41. The summed E-state index contributed by atoms with van der Waals surface area (Å²) < 4.78 is 6.76. The van der Waals surface area contributed by atoms with Gasteiger partial charge >= 0.3 is 0 Å². The SMILES string of the molecule is COc1ccccc1-n1nc(N)cc1N. The molecule has 0 aliphatic rings. The average molecular weight is 204 g/mol. The van der Waals surface area contributed by atoms with Crippen molar-refractivity contribution in [3.8, 4) is 11.4 Å². The molecular weight excluding hydrogens is 192 g/mol. The van der Waals surface area contributed by atoms with Gasteiger partial charge in [0.1, 0.15) is 23.1 Å². The van der Waals surface area contributed by atoms with Gasteiger partial charge in [0.05, 0.1) is 7.11 Å². The van der Waals surface area contributed by atoms with E-state index in [0.29, 0.717) is 17.4 Å². The van der Waals surface area contributed by atoms with Crippen LogP contribution in [0.25, 0.3) is 5.69 Å². The predicted molar refractivity (Wildman–Crippen MR) is 58.9 cm³/mol. The number of anilines is 2. The quantitative estimate of drug-likeness (QED) is 0.766. The summed E-state index contributed by atoms with van der Waals surface area (Å²) in [5, 5.41) is 4.08. The van der Waals surface area contributed by atoms with Crippen LogP contribution in [0.3, 0.4) is 0 Å². The number of hydrogen-bond acceptors (Lipinski definition) is 4. The fourth-order valence-electron chi connectivity index (χ4n) is 1.41. The van der Waals surface area contributed by atoms with Crippen molar-refractivity contribution in [2.24, 2.45) is 0 Å². The fraction of sp³-hybridized carbons (Fsp3) is 0.100. The van der Waals surface area contributed by atoms with Gasteiger partial charge in [-0.25, -0.2) is 4.68 Å². The van der Waals surface area contributed by atoms with Gasteiger partial charge in [-0.05, 0) is 12.1 Å². The Labute approximate surface area is 87.3 Å². The lowest BCUT2D eigenvalue weighted by molar-refractivity contribution is 0.412. The largest absolute Gasteiger partial charge is 0.494 e. The zero-order valence-corrected chi connectivity index (χ0v) is 8.34. The highest BCUT2D eigenvalue weighted by Crippen LogP contribution is 2.24. The molecule has 15 heavy (non-hydrogen) atoms. The zero-order valence-electron chi connectivity index (χ0n) is 8.34. The lowest BCUT2D eigenvalue weighted by atomic mass is 10.3. The van der Waals surface area contributed by atoms with Gasteiger partial charge < -0.3 is 16.2 Å². The third-order valence-electron chi connectivity index (χ3n) is 2.07. The third-order valence-corrected chi connectivity index (χ3v) is 2.07. The van der Waals surface area contributed by atoms with Crippen LogP contribution in [-0.2, 0) is 0 Å². The van der Waals surface area contributed by atoms with Crippen LogP contribution in [-0.4, -0.2) is 16.9 Å². The van der Waals surface area contributed by atoms with E-state index < -0.39 is 0 Å². The highest BCUT2D eigenvalue weighted by molar-refractivity contribution is 5.54. The molecule has 0 radical (unpaired) electrons. The van der Waals surface area contributed by atoms with Crippen molar-refractivity contribution in [3.63, 3.8) is 0 Å². The van der Waals surface area contributed by atoms with Crippen LogP contribution < -0.4 is 16.2 Å². The van der Waals surface area contributed by atoms with Crippen LogP contribution in [0.5, 0.6) is 5.75 Å². The molecule has 2 rings (SSSR count). The summed E-state index contributed by atoms with van der Waals surface area (Å²) in [6, 6.07) is 9.07. The van der Waals surface area contributed by atoms with Gasteiger partial charge in [0.2, 0.25) is 0 Å². The second kappa shape index (κ2) is 3.53. The Kier molecular flexibility index (Phi) is 2.21. The molecule has 4 N–H and O–H groups in total. The predicted octanol–water partition coefficient (Wildman–Crippen LogP) is 1.05. The van der Waals surface area contributed by atoms with Gasteiger partial charge in [-0.3, -0.25) is 0 Å². The van der Waals surface area contributed by atoms with Crippen LogP contribution in [0.1, 0.15) is 0 Å². The van der Waals surface area contributed by atoms with Crippen LogP contribution in [0.2, 0.25) is 0 Å². The summed E-state index contributed by atoms with van der Waals surface area (Å²) in [4.78, 5) is 0. The molecular formula is C10H12N4O. The number of methoxy groups -OCH3 is 1. The smallest absolute Gasteiger partial charge is 0.148 e. The van der Waals surface area contributed by atoms with E-state index in [1.807, 2.05) is 24.3 Å². The van der Waals surface area contributed by atoms with E-state index in [9.17, 15) is 0 Å². The molecule has 0 fully saturated rings. The molecule has 5 nitrogen and oxygen atoms in total. The number of hydrogen-bond donors (Lipinski definition) is 2. The number of nitrogen functional groups attached to an aromatic ring is 2. The molecule has 5 heteroatoms. The first-order valence-corrected chi connectivity index (χ1v) is 4.47. The molecule has 0 atom stereocenters. The van der Waals surface area contributed by atoms with E-state index in [1.54, 1.807) is 17.9 Å². The van der Waals surface area contributed by atoms with E-state index >= 15 is 0 Å². The van der Waals surface area contributed by atoms with Crippen molar-refractivity contribution < 1.29 is 4.74 Å². The van der Waals surface area contributed by atoms with E-state index in [0.717, 1.165) is 5.69 Å². The number of para-hydroxylation sites is 2. The molecule has 1 aromatic carbocycles. The van der Waals surface area contributed by atoms with Crippen LogP contribution in [0, 0.1) is 0 Å². The Hall–Kier alpha value is -2.17. The van der Waals surface area contributed by atoms with Crippen molar-refractivity contribution in [3.05, 3.63) is 30.3 Å². The summed E-state index contributed by atoms with van der Waals surface area (Å²) in [5.74, 6) is 1.57. The van der Waals surface area contributed by atoms with E-state index in [-0.39, 0.29) is 0 Å². The zero-order chi connectivity index (χ0) is 10.8. The molecule has 0 unspecified atom stereocenters. The Morgan fingerprint density at radius 3 is 2.60 bits per heavy atom. The number of rotatable bonds is 2. The molecule has 0 bridgehead atoms. The van der Waals surface area contributed by atoms with Crippen molar-refractivity contribution in [1.82, 2.24) is 9.78 Å². The first kappa shape index (κ1) is 9.39. The second-order valence-electron chi connectivity index (χ2n) is 3.08. The Bertz CT molecular complexity index is 478. The minimum absolute atomic E-state index is 0.387. The van der Waals surface area contributed by atoms with Gasteiger partial charge in [0.25, 0.3) is 0 Å². The number of aromatic nitrogens is 2.